The zero-order valence-electron chi connectivity index (χ0n) is 15.3. The van der Waals surface area contributed by atoms with Crippen molar-refractivity contribution in [2.75, 3.05) is 5.32 Å². The van der Waals surface area contributed by atoms with E-state index < -0.39 is 11.7 Å². The van der Waals surface area contributed by atoms with Crippen molar-refractivity contribution in [3.8, 4) is 5.75 Å². The molecule has 0 spiro atoms. The van der Waals surface area contributed by atoms with Crippen LogP contribution in [0.5, 0.6) is 5.75 Å². The maximum Gasteiger partial charge on any atom is 0.280 e. The van der Waals surface area contributed by atoms with Gasteiger partial charge in [0, 0.05) is 7.05 Å². The van der Waals surface area contributed by atoms with E-state index in [9.17, 15) is 9.18 Å². The van der Waals surface area contributed by atoms with Gasteiger partial charge in [0.15, 0.2) is 17.3 Å². The van der Waals surface area contributed by atoms with Gasteiger partial charge in [0.1, 0.15) is 12.4 Å². The maximum absolute atomic E-state index is 13.8. The Morgan fingerprint density at radius 2 is 1.96 bits per heavy atom. The van der Waals surface area contributed by atoms with E-state index in [0.29, 0.717) is 17.3 Å². The van der Waals surface area contributed by atoms with Crippen molar-refractivity contribution in [1.29, 1.82) is 0 Å². The van der Waals surface area contributed by atoms with Crippen molar-refractivity contribution >= 4 is 22.9 Å². The fourth-order valence-electron chi connectivity index (χ4n) is 2.87. The lowest BCUT2D eigenvalue weighted by molar-refractivity contribution is 0.101. The minimum Gasteiger partial charge on any atom is -0.486 e. The van der Waals surface area contributed by atoms with Gasteiger partial charge in [0.05, 0.1) is 16.6 Å². The first-order valence-corrected chi connectivity index (χ1v) is 8.60. The third-order valence-electron chi connectivity index (χ3n) is 4.42. The highest BCUT2D eigenvalue weighted by atomic mass is 19.1. The third kappa shape index (κ3) is 3.20. The predicted octanol–water partition coefficient (Wildman–Crippen LogP) is 3.84. The summed E-state index contributed by atoms with van der Waals surface area (Å²) in [7, 11) is 1.81. The van der Waals surface area contributed by atoms with Crippen LogP contribution >= 0.6 is 0 Å². The quantitative estimate of drug-likeness (QED) is 0.569. The number of carbonyl (C=O) groups excluding carboxylic acids is 1. The lowest BCUT2D eigenvalue weighted by atomic mass is 10.2. The van der Waals surface area contributed by atoms with E-state index in [2.05, 4.69) is 15.5 Å². The molecule has 2 aromatic carbocycles. The molecule has 0 saturated heterocycles. The Morgan fingerprint density at radius 1 is 1.21 bits per heavy atom. The molecule has 4 aromatic rings. The van der Waals surface area contributed by atoms with Crippen molar-refractivity contribution in [1.82, 2.24) is 14.7 Å². The lowest BCUT2D eigenvalue weighted by Crippen LogP contribution is -2.17. The Balaban J connectivity index is 1.56. The van der Waals surface area contributed by atoms with Crippen LogP contribution in [0.4, 0.5) is 10.3 Å². The summed E-state index contributed by atoms with van der Waals surface area (Å²) in [4.78, 5) is 17.2. The fourth-order valence-corrected chi connectivity index (χ4v) is 2.87. The number of aromatic nitrogens is 3. The Hall–Kier alpha value is -3.68. The normalized spacial score (nSPS) is 11.0. The van der Waals surface area contributed by atoms with Gasteiger partial charge in [-0.3, -0.25) is 10.1 Å². The fraction of sp³-hybridized carbons (Fsp3) is 0.150. The molecule has 142 valence electrons. The molecule has 0 bridgehead atoms. The van der Waals surface area contributed by atoms with Gasteiger partial charge in [-0.05, 0) is 31.2 Å². The largest absolute Gasteiger partial charge is 0.486 e. The molecule has 4 rings (SSSR count). The molecule has 7 nitrogen and oxygen atoms in total. The van der Waals surface area contributed by atoms with E-state index in [-0.39, 0.29) is 18.1 Å². The number of fused-ring (bicyclic) bond motifs is 1. The lowest BCUT2D eigenvalue weighted by Gasteiger charge is -2.08. The molecular formula is C20H17FN4O3. The number of hydrogen-bond donors (Lipinski definition) is 1. The van der Waals surface area contributed by atoms with Crippen LogP contribution in [-0.4, -0.2) is 20.6 Å². The molecule has 0 fully saturated rings. The van der Waals surface area contributed by atoms with Crippen LogP contribution in [0.1, 0.15) is 21.8 Å². The first kappa shape index (κ1) is 17.7. The maximum atomic E-state index is 13.8. The van der Waals surface area contributed by atoms with Crippen LogP contribution in [0.2, 0.25) is 0 Å². The zero-order valence-corrected chi connectivity index (χ0v) is 15.3. The van der Waals surface area contributed by atoms with Gasteiger partial charge >= 0.3 is 0 Å². The Kier molecular flexibility index (Phi) is 4.52. The van der Waals surface area contributed by atoms with E-state index in [0.717, 1.165) is 11.0 Å². The molecule has 0 aliphatic rings. The minimum absolute atomic E-state index is 0.0540. The molecular weight excluding hydrogens is 363 g/mol. The Bertz CT molecular complexity index is 1170. The van der Waals surface area contributed by atoms with Gasteiger partial charge in [0.2, 0.25) is 5.95 Å². The third-order valence-corrected chi connectivity index (χ3v) is 4.42. The van der Waals surface area contributed by atoms with E-state index >= 15 is 0 Å². The second-order valence-electron chi connectivity index (χ2n) is 6.22. The van der Waals surface area contributed by atoms with Gasteiger partial charge in [-0.15, -0.1) is 0 Å². The average Bonchev–Trinajstić information content (AvgIpc) is 3.21. The second-order valence-corrected chi connectivity index (χ2v) is 6.22. The average molecular weight is 380 g/mol. The SMILES string of the molecule is Cc1onc(C(=O)Nc2nc3ccccc3n2C)c1COc1ccccc1F. The predicted molar refractivity (Wildman–Crippen MR) is 101 cm³/mol. The smallest absolute Gasteiger partial charge is 0.280 e. The second kappa shape index (κ2) is 7.15. The van der Waals surface area contributed by atoms with Crippen LogP contribution in [0.3, 0.4) is 0 Å². The van der Waals surface area contributed by atoms with Gasteiger partial charge in [-0.25, -0.2) is 9.37 Å². The summed E-state index contributed by atoms with van der Waals surface area (Å²) >= 11 is 0. The molecule has 0 atom stereocenters. The highest BCUT2D eigenvalue weighted by Crippen LogP contribution is 2.22. The summed E-state index contributed by atoms with van der Waals surface area (Å²) in [5.41, 5.74) is 2.16. The summed E-state index contributed by atoms with van der Waals surface area (Å²) in [6, 6.07) is 13.6. The van der Waals surface area contributed by atoms with Crippen molar-refractivity contribution in [3.63, 3.8) is 0 Å². The first-order valence-electron chi connectivity index (χ1n) is 8.60. The highest BCUT2D eigenvalue weighted by molar-refractivity contribution is 6.03. The summed E-state index contributed by atoms with van der Waals surface area (Å²) in [5, 5.41) is 6.57. The van der Waals surface area contributed by atoms with Gasteiger partial charge in [-0.1, -0.05) is 29.4 Å². The Labute approximate surface area is 159 Å². The number of rotatable bonds is 5. The molecule has 0 unspecified atom stereocenters. The highest BCUT2D eigenvalue weighted by Gasteiger charge is 2.22. The number of halogens is 1. The number of hydrogen-bond acceptors (Lipinski definition) is 5. The van der Waals surface area contributed by atoms with Crippen molar-refractivity contribution in [2.45, 2.75) is 13.5 Å². The molecule has 0 aliphatic carbocycles. The summed E-state index contributed by atoms with van der Waals surface area (Å²) < 4.78 is 26.2. The summed E-state index contributed by atoms with van der Waals surface area (Å²) in [6.07, 6.45) is 0. The van der Waals surface area contributed by atoms with E-state index in [1.54, 1.807) is 30.7 Å². The minimum atomic E-state index is -0.484. The van der Waals surface area contributed by atoms with Gasteiger partial charge in [0.25, 0.3) is 5.91 Å². The molecule has 8 heteroatoms. The molecule has 1 N–H and O–H groups in total. The van der Waals surface area contributed by atoms with Crippen LogP contribution in [0.25, 0.3) is 11.0 Å². The van der Waals surface area contributed by atoms with Crippen LogP contribution in [0, 0.1) is 12.7 Å². The van der Waals surface area contributed by atoms with Gasteiger partial charge < -0.3 is 13.8 Å². The van der Waals surface area contributed by atoms with Crippen LogP contribution < -0.4 is 10.1 Å². The van der Waals surface area contributed by atoms with E-state index in [4.69, 9.17) is 9.26 Å². The zero-order chi connectivity index (χ0) is 19.7. The Morgan fingerprint density at radius 3 is 2.75 bits per heavy atom. The van der Waals surface area contributed by atoms with Gasteiger partial charge in [-0.2, -0.15) is 0 Å². The first-order chi connectivity index (χ1) is 13.5. The number of ether oxygens (including phenoxy) is 1. The van der Waals surface area contributed by atoms with E-state index in [1.165, 1.54) is 12.1 Å². The van der Waals surface area contributed by atoms with Crippen molar-refractivity contribution in [3.05, 3.63) is 71.4 Å². The number of anilines is 1. The molecule has 2 aromatic heterocycles. The molecule has 0 saturated carbocycles. The van der Waals surface area contributed by atoms with E-state index in [1.807, 2.05) is 24.3 Å². The number of amides is 1. The van der Waals surface area contributed by atoms with Crippen molar-refractivity contribution in [2.24, 2.45) is 7.05 Å². The standard InChI is InChI=1S/C20H17FN4O3/c1-12-13(11-27-17-10-6-3-7-14(17)21)18(24-28-12)19(26)23-20-22-15-8-4-5-9-16(15)25(20)2/h3-10H,11H2,1-2H3,(H,22,23,26). The number of imidazole rings is 1. The van der Waals surface area contributed by atoms with Crippen LogP contribution in [0.15, 0.2) is 53.1 Å². The number of aryl methyl sites for hydroxylation is 2. The number of nitrogens with one attached hydrogen (secondary N) is 1. The summed E-state index contributed by atoms with van der Waals surface area (Å²) in [5.74, 6) is -0.0752. The number of carbonyl (C=O) groups is 1. The van der Waals surface area contributed by atoms with Crippen LogP contribution in [-0.2, 0) is 13.7 Å². The number of nitrogens with zero attached hydrogens (tertiary/aromatic N) is 3. The molecule has 1 amide bonds. The molecule has 28 heavy (non-hydrogen) atoms. The van der Waals surface area contributed by atoms with Crippen molar-refractivity contribution < 1.29 is 18.4 Å². The molecule has 0 aliphatic heterocycles. The molecule has 0 radical (unpaired) electrons. The summed E-state index contributed by atoms with van der Waals surface area (Å²) in [6.45, 7) is 1.61. The number of benzene rings is 2. The topological polar surface area (TPSA) is 82.2 Å². The number of para-hydroxylation sites is 3. The monoisotopic (exact) mass is 380 g/mol. The molecule has 2 heterocycles.